The third-order valence-corrected chi connectivity index (χ3v) is 5.75. The molecule has 0 aromatic rings. The second-order valence-electron chi connectivity index (χ2n) is 13.6. The number of carbonyl (C=O) groups is 4. The third-order valence-electron chi connectivity index (χ3n) is 5.75. The lowest BCUT2D eigenvalue weighted by atomic mass is 9.89. The number of amides is 4. The summed E-state index contributed by atoms with van der Waals surface area (Å²) in [6.07, 6.45) is 0.507. The molecule has 14 nitrogen and oxygen atoms in total. The quantitative estimate of drug-likeness (QED) is 0.166. The Morgan fingerprint density at radius 3 is 1.91 bits per heavy atom. The van der Waals surface area contributed by atoms with Gasteiger partial charge >= 0.3 is 18.3 Å². The van der Waals surface area contributed by atoms with Crippen molar-refractivity contribution in [3.63, 3.8) is 0 Å². The standard InChI is InChI=1S/C16H30N4O4.C14H26N2O4/c1-14(2,3)23-13(22)20-16(6,11-18)10-15(4,5)24-12(21)19-9-7-8-17;1-10(9-15-13(18)20-14(2,3)4)16-12(17)11-5-7-19-8-6-11/h7-10,17H2,1-6H3,(H,19,21)(H,20,22);10-11H,5-9H2,1-4H3,(H,15,18)(H,16,17)/t16-;10-/m00/s1. The van der Waals surface area contributed by atoms with E-state index in [2.05, 4.69) is 21.3 Å². The fraction of sp³-hybridized carbons (Fsp3) is 0.833. The van der Waals surface area contributed by atoms with Crippen LogP contribution in [-0.2, 0) is 23.7 Å². The first-order valence-electron chi connectivity index (χ1n) is 15.0. The smallest absolute Gasteiger partial charge is 0.408 e. The summed E-state index contributed by atoms with van der Waals surface area (Å²) in [6, 6.07) is 1.91. The molecule has 0 aromatic heterocycles. The Balaban J connectivity index is 0.000000853. The van der Waals surface area contributed by atoms with Crippen molar-refractivity contribution < 1.29 is 38.1 Å². The van der Waals surface area contributed by atoms with E-state index in [0.717, 1.165) is 12.8 Å². The summed E-state index contributed by atoms with van der Waals surface area (Å²) in [5.41, 5.74) is 1.95. The number of ether oxygens (including phenoxy) is 4. The number of nitrogens with one attached hydrogen (secondary N) is 4. The van der Waals surface area contributed by atoms with Gasteiger partial charge in [-0.3, -0.25) is 4.79 Å². The molecule has 0 aromatic carbocycles. The number of hydrogen-bond donors (Lipinski definition) is 5. The van der Waals surface area contributed by atoms with Crippen molar-refractivity contribution in [3.8, 4) is 6.07 Å². The maximum Gasteiger partial charge on any atom is 0.408 e. The molecule has 0 aliphatic carbocycles. The average Bonchev–Trinajstić information content (AvgIpc) is 2.85. The van der Waals surface area contributed by atoms with Crippen LogP contribution in [0.5, 0.6) is 0 Å². The van der Waals surface area contributed by atoms with Crippen molar-refractivity contribution >= 4 is 24.2 Å². The number of nitriles is 1. The summed E-state index contributed by atoms with van der Waals surface area (Å²) in [6.45, 7) is 19.9. The molecule has 0 bridgehead atoms. The zero-order valence-corrected chi connectivity index (χ0v) is 28.3. The van der Waals surface area contributed by atoms with Crippen molar-refractivity contribution in [2.24, 2.45) is 11.7 Å². The van der Waals surface area contributed by atoms with Crippen molar-refractivity contribution in [1.82, 2.24) is 21.3 Å². The van der Waals surface area contributed by atoms with Crippen LogP contribution >= 0.6 is 0 Å². The Kier molecular flexibility index (Phi) is 17.1. The molecule has 254 valence electrons. The van der Waals surface area contributed by atoms with Gasteiger partial charge in [0.05, 0.1) is 6.07 Å². The Bertz CT molecular complexity index is 964. The summed E-state index contributed by atoms with van der Waals surface area (Å²) >= 11 is 0. The van der Waals surface area contributed by atoms with Gasteiger partial charge in [0.15, 0.2) is 0 Å². The lowest BCUT2D eigenvalue weighted by molar-refractivity contribution is -0.128. The number of rotatable bonds is 11. The lowest BCUT2D eigenvalue weighted by Gasteiger charge is -2.33. The van der Waals surface area contributed by atoms with Crippen LogP contribution in [0.15, 0.2) is 0 Å². The summed E-state index contributed by atoms with van der Waals surface area (Å²) in [4.78, 5) is 47.1. The Morgan fingerprint density at radius 1 is 0.886 bits per heavy atom. The molecule has 1 rings (SSSR count). The van der Waals surface area contributed by atoms with E-state index in [4.69, 9.17) is 24.7 Å². The predicted molar refractivity (Wildman–Crippen MR) is 166 cm³/mol. The van der Waals surface area contributed by atoms with Crippen molar-refractivity contribution in [1.29, 1.82) is 5.26 Å². The van der Waals surface area contributed by atoms with E-state index in [1.807, 2.05) is 33.8 Å². The highest BCUT2D eigenvalue weighted by atomic mass is 16.6. The Morgan fingerprint density at radius 2 is 1.41 bits per heavy atom. The van der Waals surface area contributed by atoms with E-state index in [0.29, 0.717) is 39.3 Å². The van der Waals surface area contributed by atoms with Gasteiger partial charge in [-0.1, -0.05) is 0 Å². The highest BCUT2D eigenvalue weighted by Gasteiger charge is 2.37. The van der Waals surface area contributed by atoms with Gasteiger partial charge in [-0.05, 0) is 95.0 Å². The van der Waals surface area contributed by atoms with Crippen molar-refractivity contribution in [2.45, 2.75) is 123 Å². The lowest BCUT2D eigenvalue weighted by Crippen LogP contribution is -2.51. The zero-order chi connectivity index (χ0) is 34.2. The molecule has 14 heteroatoms. The molecule has 2 atom stereocenters. The fourth-order valence-electron chi connectivity index (χ4n) is 4.03. The molecule has 0 unspecified atom stereocenters. The van der Waals surface area contributed by atoms with Gasteiger partial charge in [-0.15, -0.1) is 0 Å². The van der Waals surface area contributed by atoms with Gasteiger partial charge in [0, 0.05) is 44.7 Å². The molecule has 1 fully saturated rings. The monoisotopic (exact) mass is 628 g/mol. The number of hydrogen-bond acceptors (Lipinski definition) is 10. The summed E-state index contributed by atoms with van der Waals surface area (Å²) in [5, 5.41) is 20.1. The zero-order valence-electron chi connectivity index (χ0n) is 28.3. The largest absolute Gasteiger partial charge is 0.444 e. The fourth-order valence-corrected chi connectivity index (χ4v) is 4.03. The van der Waals surface area contributed by atoms with Crippen LogP contribution < -0.4 is 27.0 Å². The van der Waals surface area contributed by atoms with E-state index in [1.54, 1.807) is 41.5 Å². The molecule has 1 aliphatic rings. The predicted octanol–water partition coefficient (Wildman–Crippen LogP) is 3.48. The second kappa shape index (κ2) is 18.5. The topological polar surface area (TPSA) is 203 Å². The number of nitrogens with zero attached hydrogens (tertiary/aromatic N) is 1. The first-order valence-corrected chi connectivity index (χ1v) is 15.0. The first-order chi connectivity index (χ1) is 20.1. The Hall–Kier alpha value is -3.31. The molecule has 6 N–H and O–H groups in total. The van der Waals surface area contributed by atoms with E-state index in [9.17, 15) is 24.4 Å². The van der Waals surface area contributed by atoms with Gasteiger partial charge in [-0.25, -0.2) is 14.4 Å². The highest BCUT2D eigenvalue weighted by molar-refractivity contribution is 5.79. The first kappa shape index (κ1) is 40.7. The van der Waals surface area contributed by atoms with Crippen molar-refractivity contribution in [2.75, 3.05) is 32.8 Å². The normalized spacial score (nSPS) is 16.0. The van der Waals surface area contributed by atoms with Gasteiger partial charge in [0.2, 0.25) is 5.91 Å². The minimum atomic E-state index is -1.25. The maximum atomic E-state index is 12.0. The molecule has 0 radical (unpaired) electrons. The molecule has 0 saturated carbocycles. The molecule has 44 heavy (non-hydrogen) atoms. The van der Waals surface area contributed by atoms with E-state index < -0.39 is 40.6 Å². The SMILES string of the molecule is CC(C)(C)OC(=O)N[C@](C)(C#N)CC(C)(C)OC(=O)NCCCN.C[C@@H](CNC(=O)OC(C)(C)C)NC(=O)C1CCOCC1. The highest BCUT2D eigenvalue weighted by Crippen LogP contribution is 2.24. The summed E-state index contributed by atoms with van der Waals surface area (Å²) in [7, 11) is 0. The van der Waals surface area contributed by atoms with Crippen LogP contribution in [0.1, 0.15) is 94.9 Å². The third kappa shape index (κ3) is 20.6. The van der Waals surface area contributed by atoms with Gasteiger partial charge in [0.1, 0.15) is 22.3 Å². The van der Waals surface area contributed by atoms with E-state index in [1.165, 1.54) is 0 Å². The van der Waals surface area contributed by atoms with Gasteiger partial charge in [-0.2, -0.15) is 5.26 Å². The molecule has 4 amide bonds. The summed E-state index contributed by atoms with van der Waals surface area (Å²) < 4.78 is 20.9. The molecule has 1 heterocycles. The minimum Gasteiger partial charge on any atom is -0.444 e. The second-order valence-corrected chi connectivity index (χ2v) is 13.6. The van der Waals surface area contributed by atoms with Crippen LogP contribution in [0, 0.1) is 17.2 Å². The minimum absolute atomic E-state index is 0.0210. The van der Waals surface area contributed by atoms with Gasteiger partial charge in [0.25, 0.3) is 0 Å². The van der Waals surface area contributed by atoms with Gasteiger partial charge < -0.3 is 45.9 Å². The maximum absolute atomic E-state index is 12.0. The summed E-state index contributed by atoms with van der Waals surface area (Å²) in [5.74, 6) is 0.0551. The number of nitrogens with two attached hydrogens (primary N) is 1. The molecule has 1 saturated heterocycles. The van der Waals surface area contributed by atoms with E-state index in [-0.39, 0.29) is 24.3 Å². The van der Waals surface area contributed by atoms with Crippen molar-refractivity contribution in [3.05, 3.63) is 0 Å². The molecule has 1 aliphatic heterocycles. The Labute approximate surface area is 262 Å². The van der Waals surface area contributed by atoms with Crippen LogP contribution in [0.25, 0.3) is 0 Å². The van der Waals surface area contributed by atoms with Crippen LogP contribution in [0.4, 0.5) is 14.4 Å². The molecular formula is C30H56N6O8. The van der Waals surface area contributed by atoms with E-state index >= 15 is 0 Å². The van der Waals surface area contributed by atoms with Crippen LogP contribution in [-0.4, -0.2) is 85.4 Å². The molecular weight excluding hydrogens is 572 g/mol. The van der Waals surface area contributed by atoms with Crippen LogP contribution in [0.2, 0.25) is 0 Å². The average molecular weight is 629 g/mol. The van der Waals surface area contributed by atoms with Crippen LogP contribution in [0.3, 0.4) is 0 Å². The number of alkyl carbamates (subject to hydrolysis) is 3. The number of carbonyl (C=O) groups excluding carboxylic acids is 4. The molecule has 0 spiro atoms.